The zero-order valence-corrected chi connectivity index (χ0v) is 8.82. The maximum atomic E-state index is 5.78. The van der Waals surface area contributed by atoms with E-state index < -0.39 is 0 Å². The highest BCUT2D eigenvalue weighted by molar-refractivity contribution is 7.12. The normalized spacial score (nSPS) is 16.0. The van der Waals surface area contributed by atoms with E-state index in [9.17, 15) is 0 Å². The zero-order valence-electron chi connectivity index (χ0n) is 8.00. The van der Waals surface area contributed by atoms with Gasteiger partial charge in [0.25, 0.3) is 0 Å². The van der Waals surface area contributed by atoms with Crippen molar-refractivity contribution in [1.82, 2.24) is 0 Å². The highest BCUT2D eigenvalue weighted by Gasteiger charge is 2.08. The number of hydrogen-bond acceptors (Lipinski definition) is 2. The van der Waals surface area contributed by atoms with Crippen LogP contribution in [0, 0.1) is 0 Å². The van der Waals surface area contributed by atoms with Gasteiger partial charge in [-0.15, -0.1) is 11.3 Å². The van der Waals surface area contributed by atoms with Gasteiger partial charge in [0.2, 0.25) is 0 Å². The Balaban J connectivity index is 2.77. The molecule has 0 aliphatic rings. The molecule has 2 heteroatoms. The molecule has 2 unspecified atom stereocenters. The fraction of sp³-hybridized carbons (Fsp3) is 0.600. The van der Waals surface area contributed by atoms with Gasteiger partial charge in [-0.1, -0.05) is 13.8 Å². The first-order chi connectivity index (χ1) is 5.65. The molecule has 0 spiro atoms. The average molecular weight is 183 g/mol. The predicted molar refractivity (Wildman–Crippen MR) is 55.6 cm³/mol. The molecule has 1 aromatic rings. The summed E-state index contributed by atoms with van der Waals surface area (Å²) in [6, 6.07) is 4.54. The number of hydrogen-bond donors (Lipinski definition) is 1. The lowest BCUT2D eigenvalue weighted by Crippen LogP contribution is -2.01. The van der Waals surface area contributed by atoms with Crippen molar-refractivity contribution in [3.8, 4) is 0 Å². The molecule has 0 aromatic carbocycles. The molecule has 68 valence electrons. The van der Waals surface area contributed by atoms with Gasteiger partial charge in [0.05, 0.1) is 0 Å². The topological polar surface area (TPSA) is 26.0 Å². The van der Waals surface area contributed by atoms with Crippen LogP contribution in [0.4, 0.5) is 0 Å². The second kappa shape index (κ2) is 4.06. The Labute approximate surface area is 78.6 Å². The zero-order chi connectivity index (χ0) is 9.14. The summed E-state index contributed by atoms with van der Waals surface area (Å²) in [6.45, 7) is 6.51. The largest absolute Gasteiger partial charge is 0.324 e. The first-order valence-corrected chi connectivity index (χ1v) is 5.32. The molecule has 0 aliphatic carbocycles. The molecule has 0 radical (unpaired) electrons. The fourth-order valence-corrected chi connectivity index (χ4v) is 2.18. The van der Waals surface area contributed by atoms with Gasteiger partial charge in [0.1, 0.15) is 0 Å². The van der Waals surface area contributed by atoms with E-state index in [0.29, 0.717) is 5.92 Å². The van der Waals surface area contributed by atoms with Gasteiger partial charge in [-0.05, 0) is 31.4 Å². The SMILES string of the molecule is CCC(C)c1ccc(C(C)N)s1. The Kier molecular flexibility index (Phi) is 3.29. The average Bonchev–Trinajstić information content (AvgIpc) is 2.51. The predicted octanol–water partition coefficient (Wildman–Crippen LogP) is 3.28. The van der Waals surface area contributed by atoms with Gasteiger partial charge < -0.3 is 5.73 Å². The molecule has 0 saturated heterocycles. The summed E-state index contributed by atoms with van der Waals surface area (Å²) in [7, 11) is 0. The van der Waals surface area contributed by atoms with Gasteiger partial charge in [0.15, 0.2) is 0 Å². The van der Waals surface area contributed by atoms with E-state index in [0.717, 1.165) is 0 Å². The highest BCUT2D eigenvalue weighted by Crippen LogP contribution is 2.29. The Bertz CT molecular complexity index is 240. The van der Waals surface area contributed by atoms with Crippen LogP contribution in [0.2, 0.25) is 0 Å². The lowest BCUT2D eigenvalue weighted by Gasteiger charge is -2.04. The molecule has 2 N–H and O–H groups in total. The van der Waals surface area contributed by atoms with Crippen molar-refractivity contribution in [2.45, 2.75) is 39.2 Å². The van der Waals surface area contributed by atoms with Crippen molar-refractivity contribution in [3.63, 3.8) is 0 Å². The van der Waals surface area contributed by atoms with Crippen LogP contribution in [0.1, 0.15) is 48.9 Å². The van der Waals surface area contributed by atoms with Crippen molar-refractivity contribution >= 4 is 11.3 Å². The molecule has 0 fully saturated rings. The van der Waals surface area contributed by atoms with E-state index in [1.807, 2.05) is 18.3 Å². The minimum atomic E-state index is 0.188. The molecular weight excluding hydrogens is 166 g/mol. The Morgan fingerprint density at radius 1 is 1.33 bits per heavy atom. The van der Waals surface area contributed by atoms with Crippen molar-refractivity contribution in [2.75, 3.05) is 0 Å². The first kappa shape index (κ1) is 9.75. The van der Waals surface area contributed by atoms with E-state index in [1.54, 1.807) is 0 Å². The first-order valence-electron chi connectivity index (χ1n) is 4.50. The van der Waals surface area contributed by atoms with Gasteiger partial charge in [-0.3, -0.25) is 0 Å². The van der Waals surface area contributed by atoms with Crippen LogP contribution in [0.3, 0.4) is 0 Å². The summed E-state index contributed by atoms with van der Waals surface area (Å²) in [4.78, 5) is 2.76. The molecule has 0 amide bonds. The van der Waals surface area contributed by atoms with Gasteiger partial charge in [-0.2, -0.15) is 0 Å². The second-order valence-corrected chi connectivity index (χ2v) is 4.49. The molecule has 12 heavy (non-hydrogen) atoms. The molecular formula is C10H17NS. The molecule has 0 bridgehead atoms. The minimum Gasteiger partial charge on any atom is -0.324 e. The molecule has 0 aliphatic heterocycles. The monoisotopic (exact) mass is 183 g/mol. The van der Waals surface area contributed by atoms with Crippen molar-refractivity contribution < 1.29 is 0 Å². The highest BCUT2D eigenvalue weighted by atomic mass is 32.1. The summed E-state index contributed by atoms with van der Waals surface area (Å²) in [5.41, 5.74) is 5.78. The van der Waals surface area contributed by atoms with E-state index in [-0.39, 0.29) is 6.04 Å². The van der Waals surface area contributed by atoms with Crippen LogP contribution in [-0.4, -0.2) is 0 Å². The van der Waals surface area contributed by atoms with Crippen LogP contribution in [0.15, 0.2) is 12.1 Å². The standard InChI is InChI=1S/C10H17NS/c1-4-7(2)9-5-6-10(12-9)8(3)11/h5-8H,4,11H2,1-3H3. The molecule has 0 saturated carbocycles. The number of nitrogens with two attached hydrogens (primary N) is 1. The molecule has 1 heterocycles. The van der Waals surface area contributed by atoms with E-state index >= 15 is 0 Å². The smallest absolute Gasteiger partial charge is 0.0361 e. The quantitative estimate of drug-likeness (QED) is 0.764. The van der Waals surface area contributed by atoms with Crippen LogP contribution in [0.5, 0.6) is 0 Å². The van der Waals surface area contributed by atoms with Gasteiger partial charge in [-0.25, -0.2) is 0 Å². The molecule has 1 nitrogen and oxygen atoms in total. The van der Waals surface area contributed by atoms with E-state index in [2.05, 4.69) is 26.0 Å². The summed E-state index contributed by atoms with van der Waals surface area (Å²) in [6.07, 6.45) is 1.21. The van der Waals surface area contributed by atoms with Crippen molar-refractivity contribution in [3.05, 3.63) is 21.9 Å². The molecule has 1 rings (SSSR count). The summed E-state index contributed by atoms with van der Waals surface area (Å²) < 4.78 is 0. The van der Waals surface area contributed by atoms with Gasteiger partial charge >= 0.3 is 0 Å². The maximum absolute atomic E-state index is 5.78. The minimum absolute atomic E-state index is 0.188. The van der Waals surface area contributed by atoms with Crippen molar-refractivity contribution in [1.29, 1.82) is 0 Å². The summed E-state index contributed by atoms with van der Waals surface area (Å²) in [5.74, 6) is 0.683. The lowest BCUT2D eigenvalue weighted by molar-refractivity contribution is 0.748. The van der Waals surface area contributed by atoms with Crippen LogP contribution in [0.25, 0.3) is 0 Å². The third kappa shape index (κ3) is 2.08. The van der Waals surface area contributed by atoms with E-state index in [1.165, 1.54) is 16.2 Å². The third-order valence-electron chi connectivity index (χ3n) is 2.19. The third-order valence-corrected chi connectivity index (χ3v) is 3.71. The molecule has 2 atom stereocenters. The second-order valence-electron chi connectivity index (χ2n) is 3.34. The Morgan fingerprint density at radius 2 is 1.92 bits per heavy atom. The van der Waals surface area contributed by atoms with Crippen LogP contribution >= 0.6 is 11.3 Å². The number of rotatable bonds is 3. The fourth-order valence-electron chi connectivity index (χ4n) is 1.08. The lowest BCUT2D eigenvalue weighted by atomic mass is 10.1. The summed E-state index contributed by atoms with van der Waals surface area (Å²) >= 11 is 1.85. The van der Waals surface area contributed by atoms with Crippen LogP contribution in [-0.2, 0) is 0 Å². The Hall–Kier alpha value is -0.340. The van der Waals surface area contributed by atoms with Gasteiger partial charge in [0, 0.05) is 15.8 Å². The number of thiophene rings is 1. The summed E-state index contributed by atoms with van der Waals surface area (Å²) in [5, 5.41) is 0. The van der Waals surface area contributed by atoms with E-state index in [4.69, 9.17) is 5.73 Å². The molecule has 1 aromatic heterocycles. The van der Waals surface area contributed by atoms with Crippen molar-refractivity contribution in [2.24, 2.45) is 5.73 Å². The Morgan fingerprint density at radius 3 is 2.33 bits per heavy atom. The maximum Gasteiger partial charge on any atom is 0.0361 e. The van der Waals surface area contributed by atoms with Crippen LogP contribution < -0.4 is 5.73 Å².